The number of hydrogen-bond acceptors (Lipinski definition) is 2. The van der Waals surface area contributed by atoms with Crippen LogP contribution in [0.5, 0.6) is 0 Å². The first-order chi connectivity index (χ1) is 7.59. The first-order valence-corrected chi connectivity index (χ1v) is 5.18. The number of nitrogens with two attached hydrogens (primary N) is 1. The van der Waals surface area contributed by atoms with Gasteiger partial charge in [-0.15, -0.1) is 0 Å². The lowest BCUT2D eigenvalue weighted by Gasteiger charge is -2.11. The second-order valence-electron chi connectivity index (χ2n) is 4.02. The van der Waals surface area contributed by atoms with Crippen LogP contribution in [0.2, 0.25) is 0 Å². The van der Waals surface area contributed by atoms with E-state index in [1.165, 1.54) is 12.1 Å². The molecule has 2 aromatic rings. The molecule has 0 fully saturated rings. The van der Waals surface area contributed by atoms with Gasteiger partial charge in [0.1, 0.15) is 18.0 Å². The minimum Gasteiger partial charge on any atom is -0.382 e. The van der Waals surface area contributed by atoms with E-state index in [0.717, 1.165) is 11.4 Å². The highest BCUT2D eigenvalue weighted by Gasteiger charge is 2.12. The zero-order valence-electron chi connectivity index (χ0n) is 9.31. The fraction of sp³-hybridized carbons (Fsp3) is 0.250. The topological polar surface area (TPSA) is 43.8 Å². The molecule has 1 aromatic carbocycles. The molecule has 1 heterocycles. The Bertz CT molecular complexity index is 485. The molecule has 4 heteroatoms. The summed E-state index contributed by atoms with van der Waals surface area (Å²) in [5.41, 5.74) is 7.62. The van der Waals surface area contributed by atoms with Crippen molar-refractivity contribution in [3.63, 3.8) is 0 Å². The van der Waals surface area contributed by atoms with Crippen LogP contribution < -0.4 is 5.73 Å². The van der Waals surface area contributed by atoms with E-state index in [4.69, 9.17) is 5.73 Å². The summed E-state index contributed by atoms with van der Waals surface area (Å²) in [4.78, 5) is 4.08. The largest absolute Gasteiger partial charge is 0.382 e. The van der Waals surface area contributed by atoms with Crippen LogP contribution in [0.25, 0.3) is 5.69 Å². The van der Waals surface area contributed by atoms with E-state index in [1.54, 1.807) is 18.5 Å². The summed E-state index contributed by atoms with van der Waals surface area (Å²) in [6.45, 7) is 4.10. The fourth-order valence-electron chi connectivity index (χ4n) is 1.75. The molecule has 2 N–H and O–H groups in total. The molecule has 0 aliphatic heterocycles. The minimum absolute atomic E-state index is 0.247. The second kappa shape index (κ2) is 3.96. The average molecular weight is 219 g/mol. The SMILES string of the molecule is CC(C)c1c(N)ncn1-c1ccc(F)cc1. The number of benzene rings is 1. The first-order valence-electron chi connectivity index (χ1n) is 5.18. The molecule has 3 nitrogen and oxygen atoms in total. The van der Waals surface area contributed by atoms with Gasteiger partial charge in [-0.1, -0.05) is 13.8 Å². The summed E-state index contributed by atoms with van der Waals surface area (Å²) in [6, 6.07) is 6.27. The predicted octanol–water partition coefficient (Wildman–Crippen LogP) is 2.72. The van der Waals surface area contributed by atoms with Crippen LogP contribution in [-0.4, -0.2) is 9.55 Å². The van der Waals surface area contributed by atoms with Crippen molar-refractivity contribution in [1.82, 2.24) is 9.55 Å². The average Bonchev–Trinajstić information content (AvgIpc) is 2.61. The van der Waals surface area contributed by atoms with Crippen LogP contribution in [0, 0.1) is 5.82 Å². The van der Waals surface area contributed by atoms with Crippen molar-refractivity contribution in [2.75, 3.05) is 5.73 Å². The smallest absolute Gasteiger partial charge is 0.145 e. The molecule has 0 unspecified atom stereocenters. The van der Waals surface area contributed by atoms with E-state index >= 15 is 0 Å². The monoisotopic (exact) mass is 219 g/mol. The molecular formula is C12H14FN3. The van der Waals surface area contributed by atoms with Crippen molar-refractivity contribution in [2.45, 2.75) is 19.8 Å². The molecule has 1 aromatic heterocycles. The lowest BCUT2D eigenvalue weighted by Crippen LogP contribution is -2.03. The summed E-state index contributed by atoms with van der Waals surface area (Å²) < 4.78 is 14.7. The Morgan fingerprint density at radius 2 is 1.88 bits per heavy atom. The number of aromatic nitrogens is 2. The number of nitrogens with zero attached hydrogens (tertiary/aromatic N) is 2. The molecule has 0 spiro atoms. The molecule has 0 aliphatic carbocycles. The fourth-order valence-corrected chi connectivity index (χ4v) is 1.75. The third kappa shape index (κ3) is 1.78. The molecule has 0 atom stereocenters. The Labute approximate surface area is 93.7 Å². The number of rotatable bonds is 2. The quantitative estimate of drug-likeness (QED) is 0.844. The van der Waals surface area contributed by atoms with Crippen LogP contribution in [0.15, 0.2) is 30.6 Å². The van der Waals surface area contributed by atoms with E-state index in [9.17, 15) is 4.39 Å². The van der Waals surface area contributed by atoms with Crippen LogP contribution in [-0.2, 0) is 0 Å². The highest BCUT2D eigenvalue weighted by molar-refractivity contribution is 5.44. The number of imidazole rings is 1. The van der Waals surface area contributed by atoms with Gasteiger partial charge in [0, 0.05) is 5.69 Å². The third-order valence-electron chi connectivity index (χ3n) is 2.49. The first kappa shape index (κ1) is 10.7. The predicted molar refractivity (Wildman–Crippen MR) is 62.0 cm³/mol. The van der Waals surface area contributed by atoms with Crippen molar-refractivity contribution in [2.24, 2.45) is 0 Å². The van der Waals surface area contributed by atoms with Crippen molar-refractivity contribution in [3.8, 4) is 5.69 Å². The molecule has 84 valence electrons. The maximum absolute atomic E-state index is 12.8. The molecule has 0 radical (unpaired) electrons. The maximum Gasteiger partial charge on any atom is 0.145 e. The molecular weight excluding hydrogens is 205 g/mol. The van der Waals surface area contributed by atoms with Gasteiger partial charge in [0.2, 0.25) is 0 Å². The Hall–Kier alpha value is -1.84. The van der Waals surface area contributed by atoms with Gasteiger partial charge in [-0.05, 0) is 30.2 Å². The van der Waals surface area contributed by atoms with Gasteiger partial charge in [-0.25, -0.2) is 9.37 Å². The van der Waals surface area contributed by atoms with Gasteiger partial charge < -0.3 is 10.3 Å². The van der Waals surface area contributed by atoms with Gasteiger partial charge in [0.25, 0.3) is 0 Å². The van der Waals surface area contributed by atoms with Gasteiger partial charge in [0.05, 0.1) is 5.69 Å². The molecule has 2 rings (SSSR count). The van der Waals surface area contributed by atoms with Crippen molar-refractivity contribution >= 4 is 5.82 Å². The van der Waals surface area contributed by atoms with Crippen LogP contribution in [0.4, 0.5) is 10.2 Å². The lowest BCUT2D eigenvalue weighted by atomic mass is 10.1. The number of anilines is 1. The summed E-state index contributed by atoms with van der Waals surface area (Å²) in [6.07, 6.45) is 1.66. The zero-order valence-corrected chi connectivity index (χ0v) is 9.31. The van der Waals surface area contributed by atoms with E-state index in [2.05, 4.69) is 4.98 Å². The summed E-state index contributed by atoms with van der Waals surface area (Å²) in [5.74, 6) is 0.551. The van der Waals surface area contributed by atoms with Crippen molar-refractivity contribution < 1.29 is 4.39 Å². The zero-order chi connectivity index (χ0) is 11.7. The number of halogens is 1. The number of hydrogen-bond donors (Lipinski definition) is 1. The van der Waals surface area contributed by atoms with Crippen molar-refractivity contribution in [1.29, 1.82) is 0 Å². The third-order valence-corrected chi connectivity index (χ3v) is 2.49. The Kier molecular flexibility index (Phi) is 2.64. The van der Waals surface area contributed by atoms with Crippen molar-refractivity contribution in [3.05, 3.63) is 42.1 Å². The molecule has 16 heavy (non-hydrogen) atoms. The Balaban J connectivity index is 2.52. The number of nitrogen functional groups attached to an aromatic ring is 1. The van der Waals surface area contributed by atoms with E-state index in [1.807, 2.05) is 18.4 Å². The molecule has 0 bridgehead atoms. The van der Waals surface area contributed by atoms with E-state index in [0.29, 0.717) is 5.82 Å². The molecule has 0 saturated carbocycles. The highest BCUT2D eigenvalue weighted by Crippen LogP contribution is 2.24. The molecule has 0 amide bonds. The summed E-state index contributed by atoms with van der Waals surface area (Å²) in [7, 11) is 0. The van der Waals surface area contributed by atoms with Gasteiger partial charge in [-0.3, -0.25) is 0 Å². The van der Waals surface area contributed by atoms with Crippen LogP contribution >= 0.6 is 0 Å². The minimum atomic E-state index is -0.247. The van der Waals surface area contributed by atoms with E-state index < -0.39 is 0 Å². The van der Waals surface area contributed by atoms with Gasteiger partial charge in [0.15, 0.2) is 0 Å². The summed E-state index contributed by atoms with van der Waals surface area (Å²) >= 11 is 0. The van der Waals surface area contributed by atoms with Gasteiger partial charge >= 0.3 is 0 Å². The maximum atomic E-state index is 12.8. The second-order valence-corrected chi connectivity index (χ2v) is 4.02. The van der Waals surface area contributed by atoms with Crippen LogP contribution in [0.1, 0.15) is 25.5 Å². The Morgan fingerprint density at radius 1 is 1.25 bits per heavy atom. The normalized spacial score (nSPS) is 11.0. The molecule has 0 saturated heterocycles. The van der Waals surface area contributed by atoms with Crippen LogP contribution in [0.3, 0.4) is 0 Å². The standard InChI is InChI=1S/C12H14FN3/c1-8(2)11-12(14)15-7-16(11)10-5-3-9(13)4-6-10/h3-8H,14H2,1-2H3. The van der Waals surface area contributed by atoms with E-state index in [-0.39, 0.29) is 11.7 Å². The summed E-state index contributed by atoms with van der Waals surface area (Å²) in [5, 5.41) is 0. The van der Waals surface area contributed by atoms with Gasteiger partial charge in [-0.2, -0.15) is 0 Å². The lowest BCUT2D eigenvalue weighted by molar-refractivity contribution is 0.627. The molecule has 0 aliphatic rings. The Morgan fingerprint density at radius 3 is 2.44 bits per heavy atom. The highest BCUT2D eigenvalue weighted by atomic mass is 19.1.